The Morgan fingerprint density at radius 2 is 2.47 bits per heavy atom. The number of hydrogen-bond acceptors (Lipinski definition) is 3. The molecule has 0 aliphatic rings. The Morgan fingerprint density at radius 1 is 1.73 bits per heavy atom. The summed E-state index contributed by atoms with van der Waals surface area (Å²) in [7, 11) is 0. The topological polar surface area (TPSA) is 50.2 Å². The Kier molecular flexibility index (Phi) is 4.65. The van der Waals surface area contributed by atoms with Crippen LogP contribution >= 0.6 is 23.4 Å². The van der Waals surface area contributed by atoms with Crippen LogP contribution in [0.1, 0.15) is 17.3 Å². The SMILES string of the molecule is C/C(=C/Cl)CSc1ncccc1C(=O)O. The predicted molar refractivity (Wildman–Crippen MR) is 61.5 cm³/mol. The molecule has 0 saturated heterocycles. The van der Waals surface area contributed by atoms with E-state index in [-0.39, 0.29) is 5.56 Å². The monoisotopic (exact) mass is 243 g/mol. The first-order chi connectivity index (χ1) is 7.15. The van der Waals surface area contributed by atoms with Gasteiger partial charge in [-0.2, -0.15) is 0 Å². The molecule has 1 aromatic heterocycles. The Bertz CT molecular complexity index is 393. The predicted octanol–water partition coefficient (Wildman–Crippen LogP) is 3.01. The second kappa shape index (κ2) is 5.78. The van der Waals surface area contributed by atoms with Gasteiger partial charge in [-0.05, 0) is 19.1 Å². The molecule has 0 aliphatic carbocycles. The van der Waals surface area contributed by atoms with Gasteiger partial charge in [0, 0.05) is 17.5 Å². The number of carbonyl (C=O) groups is 1. The van der Waals surface area contributed by atoms with E-state index in [1.807, 2.05) is 6.92 Å². The third kappa shape index (κ3) is 3.57. The molecule has 3 nitrogen and oxygen atoms in total. The molecular weight excluding hydrogens is 234 g/mol. The molecular formula is C10H10ClNO2S. The van der Waals surface area contributed by atoms with Crippen molar-refractivity contribution < 1.29 is 9.90 Å². The van der Waals surface area contributed by atoms with E-state index in [1.165, 1.54) is 23.4 Å². The van der Waals surface area contributed by atoms with Crippen molar-refractivity contribution in [3.05, 3.63) is 35.0 Å². The van der Waals surface area contributed by atoms with Crippen LogP contribution in [0.5, 0.6) is 0 Å². The number of carboxylic acid groups (broad SMARTS) is 1. The lowest BCUT2D eigenvalue weighted by Crippen LogP contribution is -2.00. The van der Waals surface area contributed by atoms with E-state index in [0.717, 1.165) is 5.57 Å². The van der Waals surface area contributed by atoms with Crippen molar-refractivity contribution in [2.45, 2.75) is 11.9 Å². The molecule has 5 heteroatoms. The van der Waals surface area contributed by atoms with Crippen LogP contribution in [0.3, 0.4) is 0 Å². The number of aromatic nitrogens is 1. The third-order valence-corrected chi connectivity index (χ3v) is 3.20. The van der Waals surface area contributed by atoms with Gasteiger partial charge in [0.2, 0.25) is 0 Å². The van der Waals surface area contributed by atoms with Crippen LogP contribution in [0.2, 0.25) is 0 Å². The summed E-state index contributed by atoms with van der Waals surface area (Å²) in [5, 5.41) is 9.41. The molecule has 1 aromatic rings. The molecule has 0 amide bonds. The summed E-state index contributed by atoms with van der Waals surface area (Å²) in [5.74, 6) is -0.320. The van der Waals surface area contributed by atoms with E-state index >= 15 is 0 Å². The molecule has 0 spiro atoms. The number of pyridine rings is 1. The maximum absolute atomic E-state index is 10.8. The average Bonchev–Trinajstić information content (AvgIpc) is 2.26. The summed E-state index contributed by atoms with van der Waals surface area (Å²) in [5.41, 5.74) is 2.68. The molecule has 0 aromatic carbocycles. The molecule has 0 atom stereocenters. The molecule has 80 valence electrons. The van der Waals surface area contributed by atoms with Crippen molar-refractivity contribution in [1.29, 1.82) is 0 Å². The van der Waals surface area contributed by atoms with E-state index in [1.54, 1.807) is 12.3 Å². The minimum Gasteiger partial charge on any atom is -0.478 e. The Hall–Kier alpha value is -1.00. The molecule has 0 unspecified atom stereocenters. The van der Waals surface area contributed by atoms with Gasteiger partial charge in [0.05, 0.1) is 5.56 Å². The first-order valence-electron chi connectivity index (χ1n) is 4.22. The summed E-state index contributed by atoms with van der Waals surface area (Å²) < 4.78 is 0. The van der Waals surface area contributed by atoms with E-state index < -0.39 is 5.97 Å². The number of nitrogens with zero attached hydrogens (tertiary/aromatic N) is 1. The van der Waals surface area contributed by atoms with Crippen LogP contribution in [0.15, 0.2) is 34.5 Å². The first-order valence-corrected chi connectivity index (χ1v) is 5.64. The fourth-order valence-corrected chi connectivity index (χ4v) is 1.94. The lowest BCUT2D eigenvalue weighted by Gasteiger charge is -2.03. The quantitative estimate of drug-likeness (QED) is 0.826. The molecule has 1 rings (SSSR count). The number of carboxylic acids is 1. The summed E-state index contributed by atoms with van der Waals surface area (Å²) in [6, 6.07) is 3.15. The van der Waals surface area contributed by atoms with Gasteiger partial charge in [0.1, 0.15) is 5.03 Å². The van der Waals surface area contributed by atoms with Crippen LogP contribution < -0.4 is 0 Å². The Balaban J connectivity index is 2.80. The number of thioether (sulfide) groups is 1. The van der Waals surface area contributed by atoms with Crippen molar-refractivity contribution in [2.24, 2.45) is 0 Å². The Morgan fingerprint density at radius 3 is 3.07 bits per heavy atom. The highest BCUT2D eigenvalue weighted by Gasteiger charge is 2.10. The number of halogens is 1. The highest BCUT2D eigenvalue weighted by Crippen LogP contribution is 2.22. The molecule has 15 heavy (non-hydrogen) atoms. The normalized spacial score (nSPS) is 11.5. The highest BCUT2D eigenvalue weighted by molar-refractivity contribution is 7.99. The minimum absolute atomic E-state index is 0.227. The van der Waals surface area contributed by atoms with Crippen LogP contribution in [-0.4, -0.2) is 21.8 Å². The van der Waals surface area contributed by atoms with E-state index in [9.17, 15) is 4.79 Å². The van der Waals surface area contributed by atoms with E-state index in [0.29, 0.717) is 10.8 Å². The van der Waals surface area contributed by atoms with Crippen LogP contribution in [0.25, 0.3) is 0 Å². The van der Waals surface area contributed by atoms with Crippen LogP contribution in [0.4, 0.5) is 0 Å². The summed E-state index contributed by atoms with van der Waals surface area (Å²) in [6.07, 6.45) is 1.58. The third-order valence-electron chi connectivity index (χ3n) is 1.62. The van der Waals surface area contributed by atoms with E-state index in [4.69, 9.17) is 16.7 Å². The van der Waals surface area contributed by atoms with Crippen molar-refractivity contribution in [3.63, 3.8) is 0 Å². The van der Waals surface area contributed by atoms with Crippen LogP contribution in [-0.2, 0) is 0 Å². The smallest absolute Gasteiger partial charge is 0.338 e. The second-order valence-corrected chi connectivity index (χ2v) is 4.09. The average molecular weight is 244 g/mol. The molecule has 1 N–H and O–H groups in total. The molecule has 0 saturated carbocycles. The standard InChI is InChI=1S/C10H10ClNO2S/c1-7(5-11)6-15-9-8(10(13)14)3-2-4-12-9/h2-5H,6H2,1H3,(H,13,14)/b7-5-. The fourth-order valence-electron chi connectivity index (χ4n) is 0.882. The van der Waals surface area contributed by atoms with Crippen molar-refractivity contribution in [1.82, 2.24) is 4.98 Å². The van der Waals surface area contributed by atoms with Gasteiger partial charge in [-0.1, -0.05) is 17.2 Å². The molecule has 0 radical (unpaired) electrons. The Labute approximate surface area is 97.2 Å². The van der Waals surface area contributed by atoms with Gasteiger partial charge in [-0.25, -0.2) is 9.78 Å². The van der Waals surface area contributed by atoms with Gasteiger partial charge in [-0.15, -0.1) is 11.8 Å². The summed E-state index contributed by atoms with van der Waals surface area (Å²) >= 11 is 6.87. The zero-order valence-electron chi connectivity index (χ0n) is 8.11. The van der Waals surface area contributed by atoms with Gasteiger partial charge >= 0.3 is 5.97 Å². The van der Waals surface area contributed by atoms with Gasteiger partial charge in [-0.3, -0.25) is 0 Å². The molecule has 0 aliphatic heterocycles. The maximum atomic E-state index is 10.8. The fraction of sp³-hybridized carbons (Fsp3) is 0.200. The van der Waals surface area contributed by atoms with Gasteiger partial charge in [0.15, 0.2) is 0 Å². The molecule has 1 heterocycles. The van der Waals surface area contributed by atoms with E-state index in [2.05, 4.69) is 4.98 Å². The summed E-state index contributed by atoms with van der Waals surface area (Å²) in [4.78, 5) is 14.9. The molecule has 0 fully saturated rings. The number of aromatic carboxylic acids is 1. The second-order valence-electron chi connectivity index (χ2n) is 2.91. The summed E-state index contributed by atoms with van der Waals surface area (Å²) in [6.45, 7) is 1.88. The van der Waals surface area contributed by atoms with Crippen molar-refractivity contribution in [2.75, 3.05) is 5.75 Å². The van der Waals surface area contributed by atoms with Gasteiger partial charge < -0.3 is 5.11 Å². The maximum Gasteiger partial charge on any atom is 0.338 e. The highest BCUT2D eigenvalue weighted by atomic mass is 35.5. The minimum atomic E-state index is -0.960. The number of rotatable bonds is 4. The van der Waals surface area contributed by atoms with Gasteiger partial charge in [0.25, 0.3) is 0 Å². The zero-order chi connectivity index (χ0) is 11.3. The lowest BCUT2D eigenvalue weighted by atomic mass is 10.3. The van der Waals surface area contributed by atoms with Crippen LogP contribution in [0, 0.1) is 0 Å². The lowest BCUT2D eigenvalue weighted by molar-refractivity contribution is 0.0692. The molecule has 0 bridgehead atoms. The van der Waals surface area contributed by atoms with Crippen molar-refractivity contribution in [3.8, 4) is 0 Å². The largest absolute Gasteiger partial charge is 0.478 e. The number of hydrogen-bond donors (Lipinski definition) is 1. The zero-order valence-corrected chi connectivity index (χ0v) is 9.68. The first kappa shape index (κ1) is 12.1. The van der Waals surface area contributed by atoms with Crippen molar-refractivity contribution >= 4 is 29.3 Å².